The van der Waals surface area contributed by atoms with Gasteiger partial charge in [-0.2, -0.15) is 5.26 Å². The van der Waals surface area contributed by atoms with Gasteiger partial charge in [0.15, 0.2) is 0 Å². The van der Waals surface area contributed by atoms with Gasteiger partial charge in [-0.3, -0.25) is 4.79 Å². The summed E-state index contributed by atoms with van der Waals surface area (Å²) < 4.78 is 13.4. The van der Waals surface area contributed by atoms with Crippen molar-refractivity contribution in [1.82, 2.24) is 0 Å². The predicted octanol–water partition coefficient (Wildman–Crippen LogP) is 2.12. The van der Waals surface area contributed by atoms with Gasteiger partial charge >= 0.3 is 0 Å². The minimum atomic E-state index is -0.732. The third-order valence-corrected chi connectivity index (χ3v) is 2.96. The van der Waals surface area contributed by atoms with Crippen LogP contribution in [-0.4, -0.2) is 17.1 Å². The van der Waals surface area contributed by atoms with Crippen molar-refractivity contribution in [2.24, 2.45) is 5.73 Å². The van der Waals surface area contributed by atoms with Crippen LogP contribution in [0.3, 0.4) is 0 Å². The maximum absolute atomic E-state index is 13.4. The van der Waals surface area contributed by atoms with E-state index in [4.69, 9.17) is 16.1 Å². The van der Waals surface area contributed by atoms with Crippen LogP contribution in [0.4, 0.5) is 10.1 Å². The normalized spacial score (nSPS) is 14.1. The average Bonchev–Trinajstić information content (AvgIpc) is 2.82. The lowest BCUT2D eigenvalue weighted by Crippen LogP contribution is -2.16. The molecule has 19 heavy (non-hydrogen) atoms. The maximum Gasteiger partial charge on any atom is 0.283 e. The Balaban J connectivity index is 0.000000550. The summed E-state index contributed by atoms with van der Waals surface area (Å²) in [7, 11) is 0. The van der Waals surface area contributed by atoms with Gasteiger partial charge in [0.1, 0.15) is 5.82 Å². The van der Waals surface area contributed by atoms with Crippen LogP contribution >= 0.6 is 0 Å². The molecule has 0 saturated heterocycles. The van der Waals surface area contributed by atoms with Crippen molar-refractivity contribution in [3.8, 4) is 6.26 Å². The van der Waals surface area contributed by atoms with Crippen molar-refractivity contribution in [3.63, 3.8) is 0 Å². The molecule has 4 N–H and O–H groups in total. The van der Waals surface area contributed by atoms with E-state index in [-0.39, 0.29) is 5.56 Å². The Bertz CT molecular complexity index is 479. The van der Waals surface area contributed by atoms with Crippen molar-refractivity contribution < 1.29 is 14.3 Å². The van der Waals surface area contributed by atoms with Gasteiger partial charge in [0.25, 0.3) is 12.2 Å². The van der Waals surface area contributed by atoms with Crippen molar-refractivity contribution in [3.05, 3.63) is 29.6 Å². The Morgan fingerprint density at radius 2 is 2.05 bits per heavy atom. The average molecular weight is 265 g/mol. The first-order valence-electron chi connectivity index (χ1n) is 5.97. The molecule has 1 aliphatic rings. The number of benzene rings is 1. The number of hydrogen-bond donors (Lipinski definition) is 3. The van der Waals surface area contributed by atoms with E-state index in [9.17, 15) is 9.18 Å². The van der Waals surface area contributed by atoms with Crippen LogP contribution < -0.4 is 11.1 Å². The van der Waals surface area contributed by atoms with Gasteiger partial charge in [0.2, 0.25) is 0 Å². The van der Waals surface area contributed by atoms with Crippen molar-refractivity contribution in [1.29, 1.82) is 5.26 Å². The highest BCUT2D eigenvalue weighted by molar-refractivity contribution is 5.93. The molecule has 0 heterocycles. The van der Waals surface area contributed by atoms with E-state index >= 15 is 0 Å². The van der Waals surface area contributed by atoms with Crippen LogP contribution in [-0.2, 0) is 0 Å². The summed E-state index contributed by atoms with van der Waals surface area (Å²) in [6, 6.07) is 4.88. The molecule has 5 nitrogen and oxygen atoms in total. The van der Waals surface area contributed by atoms with Crippen LogP contribution in [0, 0.1) is 17.3 Å². The second-order valence-corrected chi connectivity index (χ2v) is 4.28. The second-order valence-electron chi connectivity index (χ2n) is 4.28. The summed E-state index contributed by atoms with van der Waals surface area (Å²) in [5.41, 5.74) is 5.69. The van der Waals surface area contributed by atoms with Crippen molar-refractivity contribution in [2.45, 2.75) is 31.7 Å². The van der Waals surface area contributed by atoms with E-state index in [1.54, 1.807) is 6.07 Å². The summed E-state index contributed by atoms with van der Waals surface area (Å²) in [6.07, 6.45) is 5.44. The quantitative estimate of drug-likeness (QED) is 0.729. The van der Waals surface area contributed by atoms with Gasteiger partial charge in [-0.05, 0) is 31.0 Å². The number of nitrogens with one attached hydrogen (secondary N) is 1. The molecule has 0 spiro atoms. The first kappa shape index (κ1) is 14.8. The Morgan fingerprint density at radius 3 is 2.53 bits per heavy atom. The SMILES string of the molecule is N#CO.NC(=O)c1ccc(NC2CCCC2)cc1F. The standard InChI is InChI=1S/C12H15FN2O.CHNO/c13-11-7-9(5-6-10(11)12(14)16)15-8-3-1-2-4-8;2-1-3/h5-8,15H,1-4H2,(H2,14,16);3H. The number of nitrogens with zero attached hydrogens (tertiary/aromatic N) is 1. The zero-order chi connectivity index (χ0) is 14.3. The molecule has 0 aliphatic heterocycles. The number of anilines is 1. The van der Waals surface area contributed by atoms with Crippen LogP contribution in [0.2, 0.25) is 0 Å². The van der Waals surface area contributed by atoms with Gasteiger partial charge in [-0.25, -0.2) is 4.39 Å². The molecule has 0 aromatic heterocycles. The predicted molar refractivity (Wildman–Crippen MR) is 68.3 cm³/mol. The largest absolute Gasteiger partial charge is 0.443 e. The molecule has 1 aromatic carbocycles. The van der Waals surface area contributed by atoms with E-state index in [1.165, 1.54) is 25.0 Å². The number of hydrogen-bond acceptors (Lipinski definition) is 4. The minimum absolute atomic E-state index is 0.0584. The van der Waals surface area contributed by atoms with Gasteiger partial charge in [0, 0.05) is 11.7 Å². The molecule has 6 heteroatoms. The number of nitriles is 1. The lowest BCUT2D eigenvalue weighted by Gasteiger charge is -2.13. The molecule has 1 aliphatic carbocycles. The number of aliphatic hydroxyl groups excluding tert-OH is 1. The Kier molecular flexibility index (Phi) is 5.61. The fourth-order valence-electron chi connectivity index (χ4n) is 2.11. The number of halogens is 1. The number of amides is 1. The van der Waals surface area contributed by atoms with Crippen LogP contribution in [0.1, 0.15) is 36.0 Å². The summed E-state index contributed by atoms with van der Waals surface area (Å²) in [5, 5.41) is 17.0. The summed E-state index contributed by atoms with van der Waals surface area (Å²) in [5.74, 6) is -1.29. The molecule has 0 bridgehead atoms. The van der Waals surface area contributed by atoms with Gasteiger partial charge in [-0.1, -0.05) is 12.8 Å². The van der Waals surface area contributed by atoms with Gasteiger partial charge < -0.3 is 16.2 Å². The molecule has 0 atom stereocenters. The van der Waals surface area contributed by atoms with Crippen LogP contribution in [0.25, 0.3) is 0 Å². The summed E-state index contributed by atoms with van der Waals surface area (Å²) in [6.45, 7) is 0. The van der Waals surface area contributed by atoms with E-state index < -0.39 is 11.7 Å². The van der Waals surface area contributed by atoms with E-state index in [1.807, 2.05) is 0 Å². The third-order valence-electron chi connectivity index (χ3n) is 2.96. The van der Waals surface area contributed by atoms with Crippen LogP contribution in [0.5, 0.6) is 0 Å². The molecule has 1 fully saturated rings. The Hall–Kier alpha value is -2.29. The molecule has 0 unspecified atom stereocenters. The number of rotatable bonds is 3. The Labute approximate surface area is 110 Å². The van der Waals surface area contributed by atoms with Crippen molar-refractivity contribution in [2.75, 3.05) is 5.32 Å². The van der Waals surface area contributed by atoms with E-state index in [2.05, 4.69) is 5.32 Å². The molecule has 1 amide bonds. The zero-order valence-electron chi connectivity index (χ0n) is 10.4. The molecular formula is C13H16FN3O2. The number of carbonyl (C=O) groups is 1. The zero-order valence-corrected chi connectivity index (χ0v) is 10.4. The van der Waals surface area contributed by atoms with E-state index in [0.29, 0.717) is 6.04 Å². The molecule has 1 saturated carbocycles. The summed E-state index contributed by atoms with van der Waals surface area (Å²) in [4.78, 5) is 10.8. The molecule has 0 radical (unpaired) electrons. The van der Waals surface area contributed by atoms with E-state index in [0.717, 1.165) is 24.8 Å². The molecule has 1 aromatic rings. The van der Waals surface area contributed by atoms with Gasteiger partial charge in [-0.15, -0.1) is 0 Å². The first-order chi connectivity index (χ1) is 9.08. The second kappa shape index (κ2) is 7.21. The lowest BCUT2D eigenvalue weighted by molar-refractivity contribution is 0.0996. The maximum atomic E-state index is 13.4. The van der Waals surface area contributed by atoms with Crippen molar-refractivity contribution >= 4 is 11.6 Å². The first-order valence-corrected chi connectivity index (χ1v) is 5.97. The minimum Gasteiger partial charge on any atom is -0.443 e. The number of carbonyl (C=O) groups excluding carboxylic acids is 1. The smallest absolute Gasteiger partial charge is 0.283 e. The highest BCUT2D eigenvalue weighted by atomic mass is 19.1. The fourth-order valence-corrected chi connectivity index (χ4v) is 2.11. The molecular weight excluding hydrogens is 249 g/mol. The summed E-state index contributed by atoms with van der Waals surface area (Å²) >= 11 is 0. The third kappa shape index (κ3) is 4.47. The monoisotopic (exact) mass is 265 g/mol. The number of aliphatic hydroxyl groups is 1. The number of nitrogens with two attached hydrogens (primary N) is 1. The fraction of sp³-hybridized carbons (Fsp3) is 0.385. The molecule has 102 valence electrons. The lowest BCUT2D eigenvalue weighted by atomic mass is 10.1. The Morgan fingerprint density at radius 1 is 1.47 bits per heavy atom. The number of primary amides is 1. The topological polar surface area (TPSA) is 99.1 Å². The highest BCUT2D eigenvalue weighted by Gasteiger charge is 2.15. The molecule has 2 rings (SSSR count). The highest BCUT2D eigenvalue weighted by Crippen LogP contribution is 2.23. The van der Waals surface area contributed by atoms with Gasteiger partial charge in [0.05, 0.1) is 5.56 Å². The van der Waals surface area contributed by atoms with Crippen LogP contribution in [0.15, 0.2) is 18.2 Å².